The summed E-state index contributed by atoms with van der Waals surface area (Å²) in [5.41, 5.74) is -0.772. The van der Waals surface area contributed by atoms with Crippen molar-refractivity contribution >= 4 is 31.9 Å². The molecule has 2 aromatic carbocycles. The van der Waals surface area contributed by atoms with Gasteiger partial charge in [-0.05, 0) is 42.0 Å². The molecule has 112 valence electrons. The zero-order chi connectivity index (χ0) is 15.8. The summed E-state index contributed by atoms with van der Waals surface area (Å²) in [4.78, 5) is -0.912. The van der Waals surface area contributed by atoms with Gasteiger partial charge in [0, 0.05) is 10.0 Å². The Kier molecular flexibility index (Phi) is 4.72. The van der Waals surface area contributed by atoms with E-state index < -0.39 is 28.2 Å². The first-order valence-electron chi connectivity index (χ1n) is 5.66. The van der Waals surface area contributed by atoms with Crippen LogP contribution in [0, 0.1) is 11.6 Å². The third-order valence-electron chi connectivity index (χ3n) is 2.83. The number of benzene rings is 2. The Morgan fingerprint density at radius 3 is 2.19 bits per heavy atom. The number of rotatable bonds is 2. The molecular weight excluding hydrogens is 423 g/mol. The molecule has 1 atom stereocenters. The lowest BCUT2D eigenvalue weighted by molar-refractivity contribution is -0.137. The topological polar surface area (TPSA) is 0 Å². The fraction of sp³-hybridized carbons (Fsp3) is 0.143. The molecule has 0 aliphatic carbocycles. The lowest BCUT2D eigenvalue weighted by atomic mass is 10.0. The van der Waals surface area contributed by atoms with E-state index in [0.717, 1.165) is 30.3 Å². The highest BCUT2D eigenvalue weighted by Crippen LogP contribution is 2.40. The summed E-state index contributed by atoms with van der Waals surface area (Å²) in [5.74, 6) is -1.37. The second-order valence-electron chi connectivity index (χ2n) is 4.26. The third-order valence-corrected chi connectivity index (χ3v) is 4.54. The summed E-state index contributed by atoms with van der Waals surface area (Å²) >= 11 is 6.25. The Morgan fingerprint density at radius 2 is 1.57 bits per heavy atom. The average Bonchev–Trinajstić information content (AvgIpc) is 2.40. The molecule has 2 aromatic rings. The maximum atomic E-state index is 13.7. The van der Waals surface area contributed by atoms with Crippen LogP contribution in [0.2, 0.25) is 0 Å². The lowest BCUT2D eigenvalue weighted by Crippen LogP contribution is -2.07. The minimum atomic E-state index is -4.51. The summed E-state index contributed by atoms with van der Waals surface area (Å²) in [5, 5.41) is 0. The monoisotopic (exact) mass is 428 g/mol. The van der Waals surface area contributed by atoms with E-state index >= 15 is 0 Å². The predicted octanol–water partition coefficient (Wildman–Crippen LogP) is 6.23. The normalized spacial score (nSPS) is 13.3. The molecule has 0 bridgehead atoms. The van der Waals surface area contributed by atoms with Crippen molar-refractivity contribution in [2.24, 2.45) is 0 Å². The second-order valence-corrected chi connectivity index (χ2v) is 6.03. The fourth-order valence-electron chi connectivity index (χ4n) is 1.79. The van der Waals surface area contributed by atoms with Gasteiger partial charge in [-0.15, -0.1) is 0 Å². The summed E-state index contributed by atoms with van der Waals surface area (Å²) in [6.45, 7) is 0. The van der Waals surface area contributed by atoms with Gasteiger partial charge >= 0.3 is 6.18 Å². The van der Waals surface area contributed by atoms with Gasteiger partial charge in [0.15, 0.2) is 0 Å². The van der Waals surface area contributed by atoms with Gasteiger partial charge in [-0.1, -0.05) is 31.9 Å². The van der Waals surface area contributed by atoms with Gasteiger partial charge in [-0.3, -0.25) is 0 Å². The molecule has 0 spiro atoms. The third kappa shape index (κ3) is 3.63. The SMILES string of the molecule is Fc1ccc(F)c(C(Br)c2cc(C(F)(F)F)ccc2Br)c1. The van der Waals surface area contributed by atoms with Gasteiger partial charge < -0.3 is 0 Å². The van der Waals surface area contributed by atoms with Crippen molar-refractivity contribution in [3.63, 3.8) is 0 Å². The molecule has 21 heavy (non-hydrogen) atoms. The van der Waals surface area contributed by atoms with Crippen LogP contribution in [0.25, 0.3) is 0 Å². The van der Waals surface area contributed by atoms with Gasteiger partial charge in [0.05, 0.1) is 10.4 Å². The fourth-order valence-corrected chi connectivity index (χ4v) is 3.30. The second kappa shape index (κ2) is 6.04. The van der Waals surface area contributed by atoms with Crippen LogP contribution < -0.4 is 0 Å². The highest BCUT2D eigenvalue weighted by molar-refractivity contribution is 9.11. The zero-order valence-electron chi connectivity index (χ0n) is 10.2. The first-order valence-corrected chi connectivity index (χ1v) is 7.36. The van der Waals surface area contributed by atoms with Crippen LogP contribution in [0.4, 0.5) is 22.0 Å². The Bertz CT molecular complexity index is 667. The van der Waals surface area contributed by atoms with Crippen LogP contribution in [0.1, 0.15) is 21.5 Å². The van der Waals surface area contributed by atoms with Crippen LogP contribution in [0.3, 0.4) is 0 Å². The van der Waals surface area contributed by atoms with E-state index in [4.69, 9.17) is 0 Å². The highest BCUT2D eigenvalue weighted by Gasteiger charge is 2.32. The van der Waals surface area contributed by atoms with Gasteiger partial charge in [0.25, 0.3) is 0 Å². The molecule has 0 aliphatic rings. The van der Waals surface area contributed by atoms with Crippen molar-refractivity contribution in [1.29, 1.82) is 0 Å². The molecule has 0 radical (unpaired) electrons. The molecule has 0 saturated carbocycles. The summed E-state index contributed by atoms with van der Waals surface area (Å²) in [6.07, 6.45) is -4.51. The summed E-state index contributed by atoms with van der Waals surface area (Å²) in [6, 6.07) is 5.86. The first kappa shape index (κ1) is 16.4. The first-order chi connectivity index (χ1) is 9.70. The minimum absolute atomic E-state index is 0.0741. The predicted molar refractivity (Wildman–Crippen MR) is 76.3 cm³/mol. The van der Waals surface area contributed by atoms with E-state index in [1.165, 1.54) is 6.07 Å². The summed E-state index contributed by atoms with van der Waals surface area (Å²) < 4.78 is 65.5. The molecule has 7 heteroatoms. The van der Waals surface area contributed by atoms with E-state index in [-0.39, 0.29) is 11.1 Å². The largest absolute Gasteiger partial charge is 0.416 e. The molecule has 2 rings (SSSR count). The van der Waals surface area contributed by atoms with Crippen LogP contribution >= 0.6 is 31.9 Å². The maximum Gasteiger partial charge on any atom is 0.416 e. The Balaban J connectivity index is 2.52. The molecule has 0 amide bonds. The van der Waals surface area contributed by atoms with Crippen molar-refractivity contribution in [1.82, 2.24) is 0 Å². The van der Waals surface area contributed by atoms with Crippen molar-refractivity contribution in [2.45, 2.75) is 11.0 Å². The quantitative estimate of drug-likeness (QED) is 0.392. The minimum Gasteiger partial charge on any atom is -0.207 e. The average molecular weight is 430 g/mol. The van der Waals surface area contributed by atoms with E-state index in [0.29, 0.717) is 4.47 Å². The number of alkyl halides is 4. The molecule has 0 nitrogen and oxygen atoms in total. The van der Waals surface area contributed by atoms with E-state index in [1.54, 1.807) is 0 Å². The van der Waals surface area contributed by atoms with E-state index in [2.05, 4.69) is 31.9 Å². The van der Waals surface area contributed by atoms with Gasteiger partial charge in [-0.2, -0.15) is 13.2 Å². The highest BCUT2D eigenvalue weighted by atomic mass is 79.9. The number of hydrogen-bond acceptors (Lipinski definition) is 0. The van der Waals surface area contributed by atoms with E-state index in [1.807, 2.05) is 0 Å². The molecular formula is C14H7Br2F5. The van der Waals surface area contributed by atoms with Gasteiger partial charge in [0.2, 0.25) is 0 Å². The number of halogens is 7. The lowest BCUT2D eigenvalue weighted by Gasteiger charge is -2.16. The standard InChI is InChI=1S/C14H7Br2F5/c15-11-3-1-7(14(19,20)21)5-9(11)13(16)10-6-8(17)2-4-12(10)18/h1-6,13H. The molecule has 0 saturated heterocycles. The van der Waals surface area contributed by atoms with Crippen molar-refractivity contribution in [3.8, 4) is 0 Å². The number of hydrogen-bond donors (Lipinski definition) is 0. The molecule has 0 N–H and O–H groups in total. The van der Waals surface area contributed by atoms with Gasteiger partial charge in [0.1, 0.15) is 11.6 Å². The van der Waals surface area contributed by atoms with Crippen LogP contribution in [0.5, 0.6) is 0 Å². The van der Waals surface area contributed by atoms with Crippen LogP contribution in [0.15, 0.2) is 40.9 Å². The molecule has 0 aromatic heterocycles. The Hall–Kier alpha value is -0.950. The maximum absolute atomic E-state index is 13.7. The smallest absolute Gasteiger partial charge is 0.207 e. The van der Waals surface area contributed by atoms with Crippen molar-refractivity contribution in [3.05, 3.63) is 69.2 Å². The van der Waals surface area contributed by atoms with Crippen molar-refractivity contribution in [2.75, 3.05) is 0 Å². The Labute approximate surface area is 134 Å². The van der Waals surface area contributed by atoms with Crippen molar-refractivity contribution < 1.29 is 22.0 Å². The van der Waals surface area contributed by atoms with E-state index in [9.17, 15) is 22.0 Å². The molecule has 0 aliphatic heterocycles. The Morgan fingerprint density at radius 1 is 0.905 bits per heavy atom. The van der Waals surface area contributed by atoms with Gasteiger partial charge in [-0.25, -0.2) is 8.78 Å². The molecule has 1 unspecified atom stereocenters. The van der Waals surface area contributed by atoms with Crippen LogP contribution in [-0.4, -0.2) is 0 Å². The van der Waals surface area contributed by atoms with Crippen LogP contribution in [-0.2, 0) is 6.18 Å². The molecule has 0 fully saturated rings. The zero-order valence-corrected chi connectivity index (χ0v) is 13.4. The summed E-state index contributed by atoms with van der Waals surface area (Å²) in [7, 11) is 0. The molecule has 0 heterocycles.